The molecule has 0 aliphatic heterocycles. The molecule has 0 aliphatic carbocycles. The molecule has 86 valence electrons. The normalized spacial score (nSPS) is 11.2. The van der Waals surface area contributed by atoms with Gasteiger partial charge in [-0.2, -0.15) is 0 Å². The van der Waals surface area contributed by atoms with Crippen LogP contribution in [0.2, 0.25) is 0 Å². The summed E-state index contributed by atoms with van der Waals surface area (Å²) in [5.41, 5.74) is 3.22. The Morgan fingerprint density at radius 1 is 1.06 bits per heavy atom. The van der Waals surface area contributed by atoms with E-state index in [0.717, 1.165) is 16.8 Å². The molecule has 0 atom stereocenters. The zero-order valence-corrected chi connectivity index (χ0v) is 10.2. The van der Waals surface area contributed by atoms with Gasteiger partial charge in [-0.3, -0.25) is 9.98 Å². The number of pyridine rings is 1. The van der Waals surface area contributed by atoms with Gasteiger partial charge in [-0.25, -0.2) is 0 Å². The van der Waals surface area contributed by atoms with E-state index in [1.54, 1.807) is 0 Å². The summed E-state index contributed by atoms with van der Waals surface area (Å²) in [6.07, 6.45) is 3.74. The van der Waals surface area contributed by atoms with Gasteiger partial charge in [0.1, 0.15) is 0 Å². The Kier molecular flexibility index (Phi) is 3.66. The third kappa shape index (κ3) is 3.00. The van der Waals surface area contributed by atoms with Crippen LogP contribution in [0.15, 0.2) is 53.7 Å². The number of hydrogen-bond donors (Lipinski definition) is 0. The van der Waals surface area contributed by atoms with Gasteiger partial charge >= 0.3 is 0 Å². The van der Waals surface area contributed by atoms with Crippen molar-refractivity contribution in [1.29, 1.82) is 0 Å². The minimum absolute atomic E-state index is 0.312. The molecule has 2 aromatic rings. The Balaban J connectivity index is 2.41. The lowest BCUT2D eigenvalue weighted by Crippen LogP contribution is -1.93. The molecule has 0 saturated carbocycles. The van der Waals surface area contributed by atoms with Gasteiger partial charge in [0.15, 0.2) is 0 Å². The first kappa shape index (κ1) is 11.5. The van der Waals surface area contributed by atoms with Crippen LogP contribution in [0.5, 0.6) is 0 Å². The lowest BCUT2D eigenvalue weighted by molar-refractivity contribution is 0.841. The summed E-state index contributed by atoms with van der Waals surface area (Å²) < 4.78 is 0. The second kappa shape index (κ2) is 5.39. The lowest BCUT2D eigenvalue weighted by Gasteiger charge is -2.05. The van der Waals surface area contributed by atoms with Crippen LogP contribution in [-0.2, 0) is 0 Å². The third-order valence-electron chi connectivity index (χ3n) is 2.41. The fourth-order valence-corrected chi connectivity index (χ4v) is 1.59. The van der Waals surface area contributed by atoms with Crippen molar-refractivity contribution in [1.82, 2.24) is 4.98 Å². The number of aliphatic imine (C=N–C) groups is 1. The van der Waals surface area contributed by atoms with E-state index in [-0.39, 0.29) is 0 Å². The average molecular weight is 224 g/mol. The van der Waals surface area contributed by atoms with Gasteiger partial charge < -0.3 is 0 Å². The van der Waals surface area contributed by atoms with Crippen LogP contribution >= 0.6 is 0 Å². The quantitative estimate of drug-likeness (QED) is 0.731. The minimum Gasteiger partial charge on any atom is -0.290 e. The summed E-state index contributed by atoms with van der Waals surface area (Å²) in [6, 6.07) is 14.4. The van der Waals surface area contributed by atoms with Crippen LogP contribution in [-0.4, -0.2) is 17.2 Å². The van der Waals surface area contributed by atoms with Crippen molar-refractivity contribution in [2.75, 3.05) is 0 Å². The molecular formula is C15H16N2. The van der Waals surface area contributed by atoms with E-state index in [4.69, 9.17) is 0 Å². The highest BCUT2D eigenvalue weighted by Crippen LogP contribution is 2.19. The highest BCUT2D eigenvalue weighted by Gasteiger charge is 2.02. The maximum absolute atomic E-state index is 4.43. The SMILES string of the molecule is CC(C)N=Cc1ccccc1-c1ccccn1. The zero-order chi connectivity index (χ0) is 12.1. The molecule has 1 heterocycles. The molecule has 0 amide bonds. The Hall–Kier alpha value is -1.96. The summed E-state index contributed by atoms with van der Waals surface area (Å²) in [5, 5.41) is 0. The van der Waals surface area contributed by atoms with E-state index < -0.39 is 0 Å². The number of nitrogens with zero attached hydrogens (tertiary/aromatic N) is 2. The van der Waals surface area contributed by atoms with E-state index >= 15 is 0 Å². The number of hydrogen-bond acceptors (Lipinski definition) is 2. The van der Waals surface area contributed by atoms with Crippen LogP contribution in [0, 0.1) is 0 Å². The van der Waals surface area contributed by atoms with Crippen molar-refractivity contribution in [3.63, 3.8) is 0 Å². The molecule has 2 nitrogen and oxygen atoms in total. The third-order valence-corrected chi connectivity index (χ3v) is 2.41. The Morgan fingerprint density at radius 3 is 2.53 bits per heavy atom. The largest absolute Gasteiger partial charge is 0.290 e. The van der Waals surface area contributed by atoms with Gasteiger partial charge in [-0.15, -0.1) is 0 Å². The second-order valence-corrected chi connectivity index (χ2v) is 4.17. The molecule has 2 rings (SSSR count). The van der Waals surface area contributed by atoms with E-state index in [9.17, 15) is 0 Å². The van der Waals surface area contributed by atoms with E-state index in [1.807, 2.05) is 42.7 Å². The average Bonchev–Trinajstić information content (AvgIpc) is 2.38. The molecule has 17 heavy (non-hydrogen) atoms. The molecule has 0 bridgehead atoms. The van der Waals surface area contributed by atoms with Crippen molar-refractivity contribution in [2.45, 2.75) is 19.9 Å². The Morgan fingerprint density at radius 2 is 1.82 bits per heavy atom. The van der Waals surface area contributed by atoms with Gasteiger partial charge in [0, 0.05) is 29.6 Å². The molecule has 0 radical (unpaired) electrons. The smallest absolute Gasteiger partial charge is 0.0708 e. The molecule has 0 N–H and O–H groups in total. The van der Waals surface area contributed by atoms with E-state index in [0.29, 0.717) is 6.04 Å². The molecule has 0 saturated heterocycles. The lowest BCUT2D eigenvalue weighted by atomic mass is 10.0. The molecule has 0 unspecified atom stereocenters. The monoisotopic (exact) mass is 224 g/mol. The van der Waals surface area contributed by atoms with Crippen LogP contribution in [0.1, 0.15) is 19.4 Å². The van der Waals surface area contributed by atoms with Gasteiger partial charge in [-0.1, -0.05) is 30.3 Å². The maximum Gasteiger partial charge on any atom is 0.0708 e. The second-order valence-electron chi connectivity index (χ2n) is 4.17. The maximum atomic E-state index is 4.43. The first-order valence-corrected chi connectivity index (χ1v) is 5.81. The van der Waals surface area contributed by atoms with E-state index in [1.165, 1.54) is 0 Å². The summed E-state index contributed by atoms with van der Waals surface area (Å²) in [7, 11) is 0. The number of rotatable bonds is 3. The molecule has 1 aromatic carbocycles. The molecule has 0 spiro atoms. The van der Waals surface area contributed by atoms with E-state index in [2.05, 4.69) is 36.0 Å². The van der Waals surface area contributed by atoms with Gasteiger partial charge in [0.25, 0.3) is 0 Å². The standard InChI is InChI=1S/C15H16N2/c1-12(2)17-11-13-7-3-4-8-14(13)15-9-5-6-10-16-15/h3-12H,1-2H3. The molecule has 0 aliphatic rings. The topological polar surface area (TPSA) is 25.2 Å². The first-order chi connectivity index (χ1) is 8.27. The molecule has 2 heteroatoms. The fourth-order valence-electron chi connectivity index (χ4n) is 1.59. The highest BCUT2D eigenvalue weighted by molar-refractivity contribution is 5.89. The van der Waals surface area contributed by atoms with Crippen molar-refractivity contribution >= 4 is 6.21 Å². The summed E-state index contributed by atoms with van der Waals surface area (Å²) in [4.78, 5) is 8.80. The summed E-state index contributed by atoms with van der Waals surface area (Å²) >= 11 is 0. The Labute approximate surface area is 102 Å². The van der Waals surface area contributed by atoms with Crippen LogP contribution in [0.3, 0.4) is 0 Å². The van der Waals surface area contributed by atoms with Crippen molar-refractivity contribution in [3.05, 3.63) is 54.2 Å². The molecular weight excluding hydrogens is 208 g/mol. The molecule has 1 aromatic heterocycles. The fraction of sp³-hybridized carbons (Fsp3) is 0.200. The van der Waals surface area contributed by atoms with Crippen molar-refractivity contribution in [2.24, 2.45) is 4.99 Å². The van der Waals surface area contributed by atoms with Crippen LogP contribution < -0.4 is 0 Å². The minimum atomic E-state index is 0.312. The Bertz CT molecular complexity index is 501. The van der Waals surface area contributed by atoms with Gasteiger partial charge in [-0.05, 0) is 26.0 Å². The number of benzene rings is 1. The van der Waals surface area contributed by atoms with Crippen molar-refractivity contribution < 1.29 is 0 Å². The molecule has 0 fully saturated rings. The predicted molar refractivity (Wildman–Crippen MR) is 72.4 cm³/mol. The summed E-state index contributed by atoms with van der Waals surface area (Å²) in [5.74, 6) is 0. The number of aromatic nitrogens is 1. The first-order valence-electron chi connectivity index (χ1n) is 5.81. The van der Waals surface area contributed by atoms with Crippen molar-refractivity contribution in [3.8, 4) is 11.3 Å². The predicted octanol–water partition coefficient (Wildman–Crippen LogP) is 3.58. The highest BCUT2D eigenvalue weighted by atomic mass is 14.7. The zero-order valence-electron chi connectivity index (χ0n) is 10.2. The summed E-state index contributed by atoms with van der Waals surface area (Å²) in [6.45, 7) is 4.14. The van der Waals surface area contributed by atoms with Gasteiger partial charge in [0.05, 0.1) is 5.69 Å². The van der Waals surface area contributed by atoms with Crippen LogP contribution in [0.25, 0.3) is 11.3 Å². The van der Waals surface area contributed by atoms with Crippen LogP contribution in [0.4, 0.5) is 0 Å². The van der Waals surface area contributed by atoms with Gasteiger partial charge in [0.2, 0.25) is 0 Å².